The van der Waals surface area contributed by atoms with Crippen molar-refractivity contribution in [2.45, 2.75) is 77.0 Å². The Morgan fingerprint density at radius 2 is 1.02 bits per heavy atom. The first-order chi connectivity index (χ1) is 23.3. The van der Waals surface area contributed by atoms with E-state index >= 15 is 0 Å². The molecule has 0 unspecified atom stereocenters. The van der Waals surface area contributed by atoms with E-state index in [1.807, 2.05) is 46.2 Å². The van der Waals surface area contributed by atoms with Gasteiger partial charge in [-0.15, -0.1) is 0 Å². The Hall–Kier alpha value is -3.06. The summed E-state index contributed by atoms with van der Waals surface area (Å²) >= 11 is 13.4. The fourth-order valence-electron chi connectivity index (χ4n) is 6.76. The van der Waals surface area contributed by atoms with E-state index in [0.29, 0.717) is 44.4 Å². The van der Waals surface area contributed by atoms with E-state index < -0.39 is 0 Å². The fourth-order valence-corrected chi connectivity index (χ4v) is 9.53. The Morgan fingerprint density at radius 1 is 0.604 bits per heavy atom. The third kappa shape index (κ3) is 7.72. The number of nitrogens with zero attached hydrogens (tertiary/aromatic N) is 4. The number of hydrogen-bond donors (Lipinski definition) is 0. The fraction of sp³-hybridized carbons (Fsp3) is 0.444. The van der Waals surface area contributed by atoms with Gasteiger partial charge in [-0.25, -0.2) is 0 Å². The van der Waals surface area contributed by atoms with Crippen LogP contribution in [0.2, 0.25) is 0 Å². The quantitative estimate of drug-likeness (QED) is 0.132. The van der Waals surface area contributed by atoms with Crippen molar-refractivity contribution in [3.63, 3.8) is 0 Å². The minimum Gasteiger partial charge on any atom is -0.312 e. The second-order valence-electron chi connectivity index (χ2n) is 12.5. The standard InChI is InChI=1S/C36H40N4O4S4/c41-29(37-23-11-15-25-13-5-7-17-27(25)37)19-3-1-9-21-39-33(43)31(47-35(39)45)32-34(44)40(36(46)48-32)22-10-2-4-20-30(42)38-24-12-16-26-14-6-8-18-28(26)38/h5-8,13-14,17-18H,1-4,9-12,15-16,19-24H2. The summed E-state index contributed by atoms with van der Waals surface area (Å²) in [6.07, 6.45) is 9.43. The molecule has 0 saturated carbocycles. The van der Waals surface area contributed by atoms with Crippen molar-refractivity contribution in [1.82, 2.24) is 9.80 Å². The van der Waals surface area contributed by atoms with Gasteiger partial charge in [0.05, 0.1) is 9.81 Å². The number of anilines is 2. The molecule has 6 rings (SSSR count). The van der Waals surface area contributed by atoms with Crippen LogP contribution in [-0.4, -0.2) is 68.2 Å². The monoisotopic (exact) mass is 720 g/mol. The summed E-state index contributed by atoms with van der Waals surface area (Å²) in [6, 6.07) is 16.2. The lowest BCUT2D eigenvalue weighted by Gasteiger charge is -2.29. The van der Waals surface area contributed by atoms with Crippen LogP contribution in [0.1, 0.15) is 75.3 Å². The molecule has 2 aromatic rings. The van der Waals surface area contributed by atoms with Gasteiger partial charge in [-0.05, 0) is 74.6 Å². The molecule has 4 aliphatic heterocycles. The molecule has 48 heavy (non-hydrogen) atoms. The minimum atomic E-state index is -0.246. The lowest BCUT2D eigenvalue weighted by molar-refractivity contribution is -0.124. The van der Waals surface area contributed by atoms with E-state index in [-0.39, 0.29) is 23.6 Å². The van der Waals surface area contributed by atoms with Crippen LogP contribution in [0.15, 0.2) is 58.3 Å². The predicted molar refractivity (Wildman–Crippen MR) is 202 cm³/mol. The maximum absolute atomic E-state index is 13.4. The van der Waals surface area contributed by atoms with Crippen molar-refractivity contribution in [1.29, 1.82) is 0 Å². The Morgan fingerprint density at radius 3 is 1.46 bits per heavy atom. The Kier molecular flexibility index (Phi) is 11.7. The third-order valence-corrected chi connectivity index (χ3v) is 12.3. The molecule has 0 radical (unpaired) electrons. The van der Waals surface area contributed by atoms with Crippen molar-refractivity contribution in [2.75, 3.05) is 36.0 Å². The topological polar surface area (TPSA) is 81.2 Å². The number of para-hydroxylation sites is 2. The molecule has 12 heteroatoms. The number of amides is 4. The molecule has 0 atom stereocenters. The normalized spacial score (nSPS) is 19.3. The van der Waals surface area contributed by atoms with Gasteiger partial charge in [-0.3, -0.25) is 29.0 Å². The molecule has 2 fully saturated rings. The lowest BCUT2D eigenvalue weighted by Crippen LogP contribution is -2.35. The smallest absolute Gasteiger partial charge is 0.267 e. The highest BCUT2D eigenvalue weighted by Crippen LogP contribution is 2.42. The first kappa shape index (κ1) is 34.8. The lowest BCUT2D eigenvalue weighted by atomic mass is 10.0. The maximum atomic E-state index is 13.4. The molecule has 0 N–H and O–H groups in total. The zero-order valence-corrected chi connectivity index (χ0v) is 30.3. The number of thiocarbonyl (C=S) groups is 2. The maximum Gasteiger partial charge on any atom is 0.267 e. The van der Waals surface area contributed by atoms with Crippen LogP contribution in [0, 0.1) is 0 Å². The predicted octanol–water partition coefficient (Wildman–Crippen LogP) is 7.00. The summed E-state index contributed by atoms with van der Waals surface area (Å²) in [6.45, 7) is 2.43. The molecule has 4 aliphatic rings. The van der Waals surface area contributed by atoms with Gasteiger partial charge in [0.25, 0.3) is 11.8 Å². The van der Waals surface area contributed by atoms with E-state index in [2.05, 4.69) is 12.1 Å². The van der Waals surface area contributed by atoms with Crippen molar-refractivity contribution < 1.29 is 19.2 Å². The second kappa shape index (κ2) is 16.1. The Bertz CT molecular complexity index is 1540. The zero-order chi connectivity index (χ0) is 33.6. The molecule has 2 saturated heterocycles. The highest BCUT2D eigenvalue weighted by atomic mass is 32.2. The number of hydrogen-bond acceptors (Lipinski definition) is 8. The van der Waals surface area contributed by atoms with Gasteiger partial charge in [0.15, 0.2) is 0 Å². The van der Waals surface area contributed by atoms with Crippen molar-refractivity contribution in [3.05, 3.63) is 69.5 Å². The number of unbranched alkanes of at least 4 members (excludes halogenated alkanes) is 4. The van der Waals surface area contributed by atoms with Crippen LogP contribution in [0.4, 0.5) is 11.4 Å². The zero-order valence-electron chi connectivity index (χ0n) is 27.0. The summed E-state index contributed by atoms with van der Waals surface area (Å²) in [4.78, 5) is 60.3. The molecule has 252 valence electrons. The molecule has 2 aromatic carbocycles. The van der Waals surface area contributed by atoms with Crippen LogP contribution >= 0.6 is 48.0 Å². The number of benzene rings is 2. The average Bonchev–Trinajstić information content (AvgIpc) is 3.55. The van der Waals surface area contributed by atoms with Crippen LogP contribution in [0.25, 0.3) is 0 Å². The number of fused-ring (bicyclic) bond motifs is 2. The van der Waals surface area contributed by atoms with Gasteiger partial charge in [0.1, 0.15) is 8.64 Å². The van der Waals surface area contributed by atoms with E-state index in [9.17, 15) is 19.2 Å². The molecule has 0 aromatic heterocycles. The molecular weight excluding hydrogens is 681 g/mol. The summed E-state index contributed by atoms with van der Waals surface area (Å²) < 4.78 is 0.893. The molecule has 4 amide bonds. The third-order valence-electron chi connectivity index (χ3n) is 9.27. The molecule has 4 heterocycles. The van der Waals surface area contributed by atoms with Crippen molar-refractivity contribution in [2.24, 2.45) is 0 Å². The first-order valence-electron chi connectivity index (χ1n) is 16.9. The summed E-state index contributed by atoms with van der Waals surface area (Å²) in [5, 5.41) is 0. The van der Waals surface area contributed by atoms with Crippen LogP contribution < -0.4 is 9.80 Å². The number of carbonyl (C=O) groups excluding carboxylic acids is 4. The highest BCUT2D eigenvalue weighted by molar-refractivity contribution is 8.29. The van der Waals surface area contributed by atoms with Gasteiger partial charge >= 0.3 is 0 Å². The largest absolute Gasteiger partial charge is 0.312 e. The minimum absolute atomic E-state index is 0.145. The van der Waals surface area contributed by atoms with E-state index in [4.69, 9.17) is 24.4 Å². The van der Waals surface area contributed by atoms with E-state index in [1.165, 1.54) is 34.7 Å². The van der Waals surface area contributed by atoms with Crippen LogP contribution in [0.5, 0.6) is 0 Å². The molecule has 0 aliphatic carbocycles. The SMILES string of the molecule is O=C1C(=C2SC(=S)N(CCCCCC(=O)N3CCCc4ccccc43)C2=O)SC(=S)N1CCCCCC(=O)N1CCCc2ccccc21. The number of aryl methyl sites for hydroxylation is 2. The van der Waals surface area contributed by atoms with Gasteiger partial charge < -0.3 is 9.80 Å². The van der Waals surface area contributed by atoms with Crippen LogP contribution in [0.3, 0.4) is 0 Å². The molecule has 0 spiro atoms. The van der Waals surface area contributed by atoms with E-state index in [1.54, 1.807) is 9.80 Å². The number of thioether (sulfide) groups is 2. The summed E-state index contributed by atoms with van der Waals surface area (Å²) in [7, 11) is 0. The second-order valence-corrected chi connectivity index (χ2v) is 15.8. The van der Waals surface area contributed by atoms with Crippen molar-refractivity contribution in [3.8, 4) is 0 Å². The van der Waals surface area contributed by atoms with Gasteiger partial charge in [0, 0.05) is 50.4 Å². The summed E-state index contributed by atoms with van der Waals surface area (Å²) in [5.74, 6) is -0.202. The summed E-state index contributed by atoms with van der Waals surface area (Å²) in [5.41, 5.74) is 4.52. The van der Waals surface area contributed by atoms with Gasteiger partial charge in [0.2, 0.25) is 11.8 Å². The number of rotatable bonds is 12. The van der Waals surface area contributed by atoms with Gasteiger partial charge in [-0.1, -0.05) is 97.2 Å². The molecule has 0 bridgehead atoms. The molecular formula is C36H40N4O4S4. The number of carbonyl (C=O) groups is 4. The van der Waals surface area contributed by atoms with Crippen molar-refractivity contribution >= 4 is 91.6 Å². The Balaban J connectivity index is 0.927. The van der Waals surface area contributed by atoms with Crippen LogP contribution in [-0.2, 0) is 32.0 Å². The average molecular weight is 721 g/mol. The van der Waals surface area contributed by atoms with Gasteiger partial charge in [-0.2, -0.15) is 0 Å². The highest BCUT2D eigenvalue weighted by Gasteiger charge is 2.41. The first-order valence-corrected chi connectivity index (χ1v) is 19.4. The molecule has 8 nitrogen and oxygen atoms in total. The van der Waals surface area contributed by atoms with E-state index in [0.717, 1.165) is 88.7 Å². The Labute approximate surface area is 301 Å².